The van der Waals surface area contributed by atoms with E-state index in [1.165, 1.54) is 4.88 Å². The molecule has 0 aliphatic carbocycles. The standard InChI is InChI=1S/C13H24N2O2S2/c1-6-12-14-10(3)13(18-12)11(4)15(5)8-9-19(16,17)7-2/h11H,6-9H2,1-5H3/t11-/m0/s1. The van der Waals surface area contributed by atoms with Crippen molar-refractivity contribution in [2.75, 3.05) is 25.1 Å². The number of thiazole rings is 1. The maximum atomic E-state index is 11.5. The molecule has 0 amide bonds. The highest BCUT2D eigenvalue weighted by Crippen LogP contribution is 2.28. The fourth-order valence-corrected chi connectivity index (χ4v) is 3.81. The smallest absolute Gasteiger partial charge is 0.151 e. The van der Waals surface area contributed by atoms with E-state index in [1.807, 2.05) is 14.0 Å². The van der Waals surface area contributed by atoms with E-state index >= 15 is 0 Å². The molecule has 0 aromatic carbocycles. The zero-order valence-corrected chi connectivity index (χ0v) is 14.1. The Labute approximate surface area is 120 Å². The molecule has 19 heavy (non-hydrogen) atoms. The minimum absolute atomic E-state index is 0.213. The second kappa shape index (κ2) is 6.81. The quantitative estimate of drug-likeness (QED) is 0.776. The van der Waals surface area contributed by atoms with E-state index in [0.29, 0.717) is 6.54 Å². The molecule has 1 rings (SSSR count). The van der Waals surface area contributed by atoms with Gasteiger partial charge in [0.05, 0.1) is 16.5 Å². The molecule has 1 aromatic rings. The molecule has 0 bridgehead atoms. The molecular formula is C13H24N2O2S2. The van der Waals surface area contributed by atoms with Crippen LogP contribution >= 0.6 is 11.3 Å². The van der Waals surface area contributed by atoms with Crippen LogP contribution < -0.4 is 0 Å². The lowest BCUT2D eigenvalue weighted by Gasteiger charge is -2.23. The molecule has 1 heterocycles. The van der Waals surface area contributed by atoms with E-state index in [-0.39, 0.29) is 17.5 Å². The Morgan fingerprint density at radius 3 is 2.47 bits per heavy atom. The first-order chi connectivity index (χ1) is 8.80. The SMILES string of the molecule is CCc1nc(C)c([C@H](C)N(C)CCS(=O)(=O)CC)s1. The first-order valence-corrected chi connectivity index (χ1v) is 9.31. The van der Waals surface area contributed by atoms with Crippen LogP contribution in [0.25, 0.3) is 0 Å². The Morgan fingerprint density at radius 1 is 1.37 bits per heavy atom. The molecule has 0 N–H and O–H groups in total. The highest BCUT2D eigenvalue weighted by Gasteiger charge is 2.19. The molecule has 1 atom stereocenters. The van der Waals surface area contributed by atoms with Crippen LogP contribution in [0.2, 0.25) is 0 Å². The summed E-state index contributed by atoms with van der Waals surface area (Å²) in [6.45, 7) is 8.50. The predicted molar refractivity (Wildman–Crippen MR) is 81.6 cm³/mol. The van der Waals surface area contributed by atoms with Gasteiger partial charge in [0.1, 0.15) is 0 Å². The first-order valence-electron chi connectivity index (χ1n) is 6.67. The topological polar surface area (TPSA) is 50.3 Å². The van der Waals surface area contributed by atoms with Crippen molar-refractivity contribution in [3.63, 3.8) is 0 Å². The van der Waals surface area contributed by atoms with E-state index in [2.05, 4.69) is 23.7 Å². The average Bonchev–Trinajstić information content (AvgIpc) is 2.76. The Hall–Kier alpha value is -0.460. The summed E-state index contributed by atoms with van der Waals surface area (Å²) < 4.78 is 23.1. The normalized spacial score (nSPS) is 14.0. The fourth-order valence-electron chi connectivity index (χ4n) is 1.83. The van der Waals surface area contributed by atoms with Gasteiger partial charge in [-0.2, -0.15) is 0 Å². The average molecular weight is 304 g/mol. The van der Waals surface area contributed by atoms with Gasteiger partial charge < -0.3 is 0 Å². The van der Waals surface area contributed by atoms with Gasteiger partial charge >= 0.3 is 0 Å². The third-order valence-electron chi connectivity index (χ3n) is 3.41. The summed E-state index contributed by atoms with van der Waals surface area (Å²) in [7, 11) is -0.921. The largest absolute Gasteiger partial charge is 0.298 e. The van der Waals surface area contributed by atoms with Crippen LogP contribution in [0, 0.1) is 6.92 Å². The molecule has 0 spiro atoms. The van der Waals surface area contributed by atoms with E-state index in [1.54, 1.807) is 18.3 Å². The molecule has 0 saturated heterocycles. The maximum Gasteiger partial charge on any atom is 0.151 e. The van der Waals surface area contributed by atoms with E-state index in [0.717, 1.165) is 17.1 Å². The molecular weight excluding hydrogens is 280 g/mol. The van der Waals surface area contributed by atoms with Crippen LogP contribution in [0.5, 0.6) is 0 Å². The molecule has 0 fully saturated rings. The second-order valence-corrected chi connectivity index (χ2v) is 8.39. The minimum Gasteiger partial charge on any atom is -0.298 e. The summed E-state index contributed by atoms with van der Waals surface area (Å²) in [6.07, 6.45) is 0.951. The molecule has 1 aromatic heterocycles. The lowest BCUT2D eigenvalue weighted by molar-refractivity contribution is 0.279. The summed E-state index contributed by atoms with van der Waals surface area (Å²) in [6, 6.07) is 0.213. The Morgan fingerprint density at radius 2 is 2.00 bits per heavy atom. The first kappa shape index (κ1) is 16.6. The van der Waals surface area contributed by atoms with Gasteiger partial charge in [0.15, 0.2) is 9.84 Å². The van der Waals surface area contributed by atoms with Crippen LogP contribution in [-0.2, 0) is 16.3 Å². The molecule has 110 valence electrons. The van der Waals surface area contributed by atoms with Crippen LogP contribution in [0.4, 0.5) is 0 Å². The Kier molecular flexibility index (Phi) is 5.95. The maximum absolute atomic E-state index is 11.5. The number of aromatic nitrogens is 1. The van der Waals surface area contributed by atoms with Gasteiger partial charge in [0.2, 0.25) is 0 Å². The third kappa shape index (κ3) is 4.54. The van der Waals surface area contributed by atoms with Crippen molar-refractivity contribution in [3.05, 3.63) is 15.6 Å². The number of nitrogens with zero attached hydrogens (tertiary/aromatic N) is 2. The van der Waals surface area contributed by atoms with Crippen molar-refractivity contribution in [1.29, 1.82) is 0 Å². The van der Waals surface area contributed by atoms with Crippen LogP contribution in [0.3, 0.4) is 0 Å². The highest BCUT2D eigenvalue weighted by molar-refractivity contribution is 7.91. The Bertz CT molecular complexity index is 509. The lowest BCUT2D eigenvalue weighted by atomic mass is 10.2. The summed E-state index contributed by atoms with van der Waals surface area (Å²) >= 11 is 1.73. The van der Waals surface area contributed by atoms with Gasteiger partial charge in [-0.1, -0.05) is 13.8 Å². The molecule has 6 heteroatoms. The highest BCUT2D eigenvalue weighted by atomic mass is 32.2. The van der Waals surface area contributed by atoms with Gasteiger partial charge in [-0.15, -0.1) is 11.3 Å². The van der Waals surface area contributed by atoms with Crippen molar-refractivity contribution in [1.82, 2.24) is 9.88 Å². The lowest BCUT2D eigenvalue weighted by Crippen LogP contribution is -2.28. The van der Waals surface area contributed by atoms with Gasteiger partial charge in [-0.05, 0) is 27.3 Å². The summed E-state index contributed by atoms with van der Waals surface area (Å²) in [5.74, 6) is 0.442. The van der Waals surface area contributed by atoms with Crippen molar-refractivity contribution in [2.24, 2.45) is 0 Å². The molecule has 0 aliphatic heterocycles. The molecule has 0 unspecified atom stereocenters. The van der Waals surface area contributed by atoms with Crippen LogP contribution in [0.1, 0.15) is 42.4 Å². The third-order valence-corrected chi connectivity index (χ3v) is 6.57. The number of sulfone groups is 1. The van der Waals surface area contributed by atoms with E-state index < -0.39 is 9.84 Å². The number of hydrogen-bond acceptors (Lipinski definition) is 5. The Balaban J connectivity index is 2.71. The number of aryl methyl sites for hydroxylation is 2. The second-order valence-electron chi connectivity index (χ2n) is 4.80. The number of hydrogen-bond donors (Lipinski definition) is 0. The predicted octanol–water partition coefficient (Wildman–Crippen LogP) is 2.44. The summed E-state index contributed by atoms with van der Waals surface area (Å²) in [5.41, 5.74) is 1.07. The van der Waals surface area contributed by atoms with Crippen molar-refractivity contribution in [2.45, 2.75) is 40.2 Å². The van der Waals surface area contributed by atoms with Crippen LogP contribution in [-0.4, -0.2) is 43.4 Å². The van der Waals surface area contributed by atoms with Gasteiger partial charge in [-0.25, -0.2) is 13.4 Å². The van der Waals surface area contributed by atoms with E-state index in [9.17, 15) is 8.42 Å². The molecule has 4 nitrogen and oxygen atoms in total. The van der Waals surface area contributed by atoms with Crippen molar-refractivity contribution in [3.8, 4) is 0 Å². The molecule has 0 radical (unpaired) electrons. The molecule has 0 saturated carbocycles. The van der Waals surface area contributed by atoms with E-state index in [4.69, 9.17) is 0 Å². The van der Waals surface area contributed by atoms with Crippen LogP contribution in [0.15, 0.2) is 0 Å². The van der Waals surface area contributed by atoms with Crippen molar-refractivity contribution < 1.29 is 8.42 Å². The van der Waals surface area contributed by atoms with Gasteiger partial charge in [0.25, 0.3) is 0 Å². The zero-order valence-electron chi connectivity index (χ0n) is 12.4. The van der Waals surface area contributed by atoms with Gasteiger partial charge in [0, 0.05) is 23.2 Å². The number of rotatable bonds is 7. The van der Waals surface area contributed by atoms with Crippen molar-refractivity contribution >= 4 is 21.2 Å². The summed E-state index contributed by atoms with van der Waals surface area (Å²) in [4.78, 5) is 7.87. The van der Waals surface area contributed by atoms with Gasteiger partial charge in [-0.3, -0.25) is 4.90 Å². The zero-order chi connectivity index (χ0) is 14.6. The minimum atomic E-state index is -2.89. The fraction of sp³-hybridized carbons (Fsp3) is 0.769. The molecule has 0 aliphatic rings. The monoisotopic (exact) mass is 304 g/mol. The summed E-state index contributed by atoms with van der Waals surface area (Å²) in [5, 5.41) is 1.15.